The van der Waals surface area contributed by atoms with Crippen LogP contribution in [0, 0.1) is 19.3 Å². The van der Waals surface area contributed by atoms with E-state index in [0.29, 0.717) is 12.1 Å². The van der Waals surface area contributed by atoms with Crippen LogP contribution in [0.2, 0.25) is 0 Å². The summed E-state index contributed by atoms with van der Waals surface area (Å²) in [5.41, 5.74) is 3.50. The van der Waals surface area contributed by atoms with Crippen LogP contribution in [0.1, 0.15) is 40.7 Å². The first-order valence-electron chi connectivity index (χ1n) is 7.01. The fraction of sp³-hybridized carbons (Fsp3) is 0.500. The number of Topliss-reactive ketones (excluding diaryl/α,β-unsaturated/α-hetero) is 1. The van der Waals surface area contributed by atoms with Crippen molar-refractivity contribution in [1.29, 1.82) is 0 Å². The Bertz CT molecular complexity index is 599. The van der Waals surface area contributed by atoms with Gasteiger partial charge in [0, 0.05) is 11.9 Å². The second kappa shape index (κ2) is 4.69. The van der Waals surface area contributed by atoms with Crippen LogP contribution >= 0.6 is 15.9 Å². The molecule has 4 heteroatoms. The molecule has 0 N–H and O–H groups in total. The lowest BCUT2D eigenvalue weighted by Crippen LogP contribution is -2.45. The van der Waals surface area contributed by atoms with Crippen molar-refractivity contribution in [2.45, 2.75) is 33.1 Å². The highest BCUT2D eigenvalue weighted by atomic mass is 79.9. The summed E-state index contributed by atoms with van der Waals surface area (Å²) in [6.45, 7) is 4.52. The number of benzene rings is 1. The molecule has 106 valence electrons. The van der Waals surface area contributed by atoms with E-state index in [1.54, 1.807) is 4.90 Å². The molecule has 1 heterocycles. The Morgan fingerprint density at radius 1 is 1.20 bits per heavy atom. The number of halogens is 1. The van der Waals surface area contributed by atoms with Crippen molar-refractivity contribution in [2.24, 2.45) is 5.41 Å². The number of aryl methyl sites for hydroxylation is 2. The van der Waals surface area contributed by atoms with Crippen LogP contribution in [0.4, 0.5) is 5.69 Å². The van der Waals surface area contributed by atoms with Crippen molar-refractivity contribution in [3.8, 4) is 0 Å². The highest BCUT2D eigenvalue weighted by molar-refractivity contribution is 9.09. The summed E-state index contributed by atoms with van der Waals surface area (Å²) >= 11 is 3.58. The van der Waals surface area contributed by atoms with E-state index in [2.05, 4.69) is 15.9 Å². The summed E-state index contributed by atoms with van der Waals surface area (Å²) in [7, 11) is 0. The molecule has 0 spiro atoms. The van der Waals surface area contributed by atoms with Crippen LogP contribution < -0.4 is 4.90 Å². The van der Waals surface area contributed by atoms with Gasteiger partial charge in [-0.05, 0) is 43.2 Å². The minimum atomic E-state index is -0.357. The molecule has 0 bridgehead atoms. The van der Waals surface area contributed by atoms with Crippen molar-refractivity contribution in [3.63, 3.8) is 0 Å². The Morgan fingerprint density at radius 2 is 1.85 bits per heavy atom. The normalized spacial score (nSPS) is 20.1. The lowest BCUT2D eigenvalue weighted by molar-refractivity contribution is -0.114. The zero-order valence-electron chi connectivity index (χ0n) is 11.8. The second-order valence-electron chi connectivity index (χ2n) is 6.13. The molecule has 3 rings (SSSR count). The summed E-state index contributed by atoms with van der Waals surface area (Å²) in [5.74, 6) is -0.699. The minimum Gasteiger partial charge on any atom is -0.304 e. The molecule has 1 aromatic carbocycles. The first-order chi connectivity index (χ1) is 9.49. The smallest absolute Gasteiger partial charge is 0.299 e. The van der Waals surface area contributed by atoms with Gasteiger partial charge in [-0.2, -0.15) is 0 Å². The molecule has 1 amide bonds. The molecule has 1 aromatic rings. The first kappa shape index (κ1) is 13.8. The second-order valence-corrected chi connectivity index (χ2v) is 6.69. The summed E-state index contributed by atoms with van der Waals surface area (Å²) in [5, 5.41) is 0.887. The predicted octanol–water partition coefficient (Wildman–Crippen LogP) is 3.40. The number of alkyl halides is 1. The van der Waals surface area contributed by atoms with Crippen LogP contribution in [0.15, 0.2) is 12.1 Å². The fourth-order valence-corrected chi connectivity index (χ4v) is 4.00. The Labute approximate surface area is 127 Å². The van der Waals surface area contributed by atoms with Crippen molar-refractivity contribution in [1.82, 2.24) is 0 Å². The van der Waals surface area contributed by atoms with Gasteiger partial charge >= 0.3 is 0 Å². The lowest BCUT2D eigenvalue weighted by Gasteiger charge is -2.43. The molecule has 0 atom stereocenters. The molecule has 1 aliphatic carbocycles. The molecule has 1 fully saturated rings. The Balaban J connectivity index is 2.04. The van der Waals surface area contributed by atoms with Gasteiger partial charge in [0.15, 0.2) is 0 Å². The molecular formula is C16H18BrNO2. The zero-order chi connectivity index (χ0) is 14.5. The Morgan fingerprint density at radius 3 is 2.40 bits per heavy atom. The van der Waals surface area contributed by atoms with Crippen molar-refractivity contribution < 1.29 is 9.59 Å². The molecule has 2 aliphatic rings. The van der Waals surface area contributed by atoms with Gasteiger partial charge < -0.3 is 4.90 Å². The number of anilines is 1. The average Bonchev–Trinajstić information content (AvgIpc) is 2.64. The highest BCUT2D eigenvalue weighted by Crippen LogP contribution is 2.45. The van der Waals surface area contributed by atoms with E-state index in [1.165, 1.54) is 6.42 Å². The van der Waals surface area contributed by atoms with E-state index < -0.39 is 0 Å². The quantitative estimate of drug-likeness (QED) is 0.627. The van der Waals surface area contributed by atoms with E-state index >= 15 is 0 Å². The molecular weight excluding hydrogens is 318 g/mol. The molecule has 1 saturated carbocycles. The molecule has 0 saturated heterocycles. The van der Waals surface area contributed by atoms with Crippen LogP contribution in [0.3, 0.4) is 0 Å². The van der Waals surface area contributed by atoms with Crippen LogP contribution in [0.25, 0.3) is 0 Å². The van der Waals surface area contributed by atoms with E-state index in [-0.39, 0.29) is 17.1 Å². The van der Waals surface area contributed by atoms with Crippen molar-refractivity contribution >= 4 is 33.3 Å². The van der Waals surface area contributed by atoms with Crippen molar-refractivity contribution in [2.75, 3.05) is 16.8 Å². The number of nitrogens with zero attached hydrogens (tertiary/aromatic N) is 1. The lowest BCUT2D eigenvalue weighted by atomic mass is 9.70. The number of hydrogen-bond donors (Lipinski definition) is 0. The van der Waals surface area contributed by atoms with Gasteiger partial charge in [-0.1, -0.05) is 34.5 Å². The number of ketones is 1. The number of carbonyl (C=O) groups excluding carboxylic acids is 2. The number of amides is 1. The van der Waals surface area contributed by atoms with Crippen molar-refractivity contribution in [3.05, 3.63) is 28.8 Å². The van der Waals surface area contributed by atoms with Gasteiger partial charge in [0.25, 0.3) is 11.7 Å². The predicted molar refractivity (Wildman–Crippen MR) is 82.7 cm³/mol. The Hall–Kier alpha value is -1.16. The standard InChI is InChI=1S/C16H18BrNO2/c1-10-4-5-11(2)13-12(10)14(19)15(20)18(13)9-16(8-17)6-3-7-16/h4-5H,3,6-9H2,1-2H3. The minimum absolute atomic E-state index is 0.147. The SMILES string of the molecule is Cc1ccc(C)c2c1C(=O)C(=O)N2CC1(CBr)CCC1. The van der Waals surface area contributed by atoms with E-state index in [1.807, 2.05) is 26.0 Å². The molecule has 1 aliphatic heterocycles. The molecule has 0 radical (unpaired) electrons. The fourth-order valence-electron chi connectivity index (χ4n) is 3.26. The summed E-state index contributed by atoms with van der Waals surface area (Å²) in [6, 6.07) is 3.92. The topological polar surface area (TPSA) is 37.4 Å². The van der Waals surface area contributed by atoms with Gasteiger partial charge in [-0.15, -0.1) is 0 Å². The number of carbonyl (C=O) groups is 2. The summed E-state index contributed by atoms with van der Waals surface area (Å²) < 4.78 is 0. The maximum atomic E-state index is 12.4. The summed E-state index contributed by atoms with van der Waals surface area (Å²) in [4.78, 5) is 26.3. The van der Waals surface area contributed by atoms with E-state index in [4.69, 9.17) is 0 Å². The van der Waals surface area contributed by atoms with E-state index in [0.717, 1.165) is 35.0 Å². The van der Waals surface area contributed by atoms with Gasteiger partial charge in [0.05, 0.1) is 11.3 Å². The first-order valence-corrected chi connectivity index (χ1v) is 8.14. The largest absolute Gasteiger partial charge is 0.304 e. The van der Waals surface area contributed by atoms with Gasteiger partial charge in [-0.25, -0.2) is 0 Å². The van der Waals surface area contributed by atoms with Crippen LogP contribution in [0.5, 0.6) is 0 Å². The summed E-state index contributed by atoms with van der Waals surface area (Å²) in [6.07, 6.45) is 3.45. The van der Waals surface area contributed by atoms with Gasteiger partial charge in [0.1, 0.15) is 0 Å². The van der Waals surface area contributed by atoms with Gasteiger partial charge in [-0.3, -0.25) is 9.59 Å². The van der Waals surface area contributed by atoms with Gasteiger partial charge in [0.2, 0.25) is 0 Å². The Kier molecular flexibility index (Phi) is 3.24. The molecule has 0 unspecified atom stereocenters. The third-order valence-corrected chi connectivity index (χ3v) is 5.91. The maximum Gasteiger partial charge on any atom is 0.299 e. The van der Waals surface area contributed by atoms with E-state index in [9.17, 15) is 9.59 Å². The third-order valence-electron chi connectivity index (χ3n) is 4.72. The number of hydrogen-bond acceptors (Lipinski definition) is 2. The molecule has 20 heavy (non-hydrogen) atoms. The highest BCUT2D eigenvalue weighted by Gasteiger charge is 2.44. The zero-order valence-corrected chi connectivity index (χ0v) is 13.4. The number of fused-ring (bicyclic) bond motifs is 1. The molecule has 3 nitrogen and oxygen atoms in total. The third kappa shape index (κ3) is 1.85. The average molecular weight is 336 g/mol. The van der Waals surface area contributed by atoms with Crippen LogP contribution in [-0.2, 0) is 4.79 Å². The number of rotatable bonds is 3. The monoisotopic (exact) mass is 335 g/mol. The van der Waals surface area contributed by atoms with Crippen LogP contribution in [-0.4, -0.2) is 23.6 Å². The molecule has 0 aromatic heterocycles. The maximum absolute atomic E-state index is 12.4.